The molecule has 0 heterocycles. The van der Waals surface area contributed by atoms with Crippen molar-refractivity contribution in [2.45, 2.75) is 265 Å². The number of thiocarbonyl (C=S) groups is 1. The molecular formula is C50H99N3O4S. The van der Waals surface area contributed by atoms with Crippen LogP contribution in [-0.4, -0.2) is 79.3 Å². The van der Waals surface area contributed by atoms with Gasteiger partial charge < -0.3 is 24.6 Å². The Bertz CT molecular complexity index is 903. The lowest BCUT2D eigenvalue weighted by Gasteiger charge is -2.23. The molecule has 0 aromatic heterocycles. The average Bonchev–Trinajstić information content (AvgIpc) is 3.21. The lowest BCUT2D eigenvalue weighted by molar-refractivity contribution is -0.150. The van der Waals surface area contributed by atoms with Crippen molar-refractivity contribution in [2.75, 3.05) is 40.3 Å². The van der Waals surface area contributed by atoms with Crippen molar-refractivity contribution in [3.63, 3.8) is 0 Å². The van der Waals surface area contributed by atoms with E-state index in [1.807, 2.05) is 19.0 Å². The average molecular weight is 838 g/mol. The second-order valence-corrected chi connectivity index (χ2v) is 18.0. The highest BCUT2D eigenvalue weighted by Crippen LogP contribution is 2.19. The number of unbranched alkanes of at least 4 members (excludes halogenated alkanes) is 23. The highest BCUT2D eigenvalue weighted by molar-refractivity contribution is 7.80. The summed E-state index contributed by atoms with van der Waals surface area (Å²) in [7, 11) is 3.97. The molecule has 0 bridgehead atoms. The van der Waals surface area contributed by atoms with E-state index in [0.29, 0.717) is 12.8 Å². The molecular weight excluding hydrogens is 739 g/mol. The number of hydrogen-bond donors (Lipinski definition) is 1. The largest absolute Gasteiger partial charge is 0.462 e. The van der Waals surface area contributed by atoms with Gasteiger partial charge in [0.25, 0.3) is 0 Å². The minimum Gasteiger partial charge on any atom is -0.462 e. The van der Waals surface area contributed by atoms with Gasteiger partial charge in [-0.2, -0.15) is 0 Å². The summed E-state index contributed by atoms with van der Waals surface area (Å²) in [5.41, 5.74) is 0. The van der Waals surface area contributed by atoms with E-state index in [1.165, 1.54) is 154 Å². The number of esters is 2. The van der Waals surface area contributed by atoms with Crippen molar-refractivity contribution in [1.82, 2.24) is 15.1 Å². The van der Waals surface area contributed by atoms with Crippen LogP contribution in [0.25, 0.3) is 0 Å². The van der Waals surface area contributed by atoms with E-state index in [1.54, 1.807) is 0 Å². The molecule has 7 nitrogen and oxygen atoms in total. The second-order valence-electron chi connectivity index (χ2n) is 17.7. The van der Waals surface area contributed by atoms with Gasteiger partial charge in [0.1, 0.15) is 12.2 Å². The quantitative estimate of drug-likeness (QED) is 0.0370. The van der Waals surface area contributed by atoms with Crippen molar-refractivity contribution in [2.24, 2.45) is 0 Å². The Balaban J connectivity index is 4.45. The zero-order valence-corrected chi connectivity index (χ0v) is 40.5. The van der Waals surface area contributed by atoms with Gasteiger partial charge in [0, 0.05) is 33.5 Å². The lowest BCUT2D eigenvalue weighted by Crippen LogP contribution is -2.36. The smallest absolute Gasteiger partial charge is 0.306 e. The molecule has 344 valence electrons. The third-order valence-corrected chi connectivity index (χ3v) is 12.2. The SMILES string of the molecule is CCCCCCCCC(CC)OC(=O)CCCCCCCN(CCCCCCCC(=O)OC(CCCCCCCC)CCCCCCCC)CCCNC(=S)N(C)C. The highest BCUT2D eigenvalue weighted by atomic mass is 32.1. The Morgan fingerprint density at radius 3 is 1.22 bits per heavy atom. The minimum atomic E-state index is -0.00227. The summed E-state index contributed by atoms with van der Waals surface area (Å²) >= 11 is 5.42. The Kier molecular flexibility index (Phi) is 42.6. The summed E-state index contributed by atoms with van der Waals surface area (Å²) in [6.45, 7) is 13.2. The van der Waals surface area contributed by atoms with Gasteiger partial charge >= 0.3 is 11.9 Å². The van der Waals surface area contributed by atoms with E-state index >= 15 is 0 Å². The molecule has 0 rings (SSSR count). The molecule has 0 aromatic rings. The third kappa shape index (κ3) is 38.8. The summed E-state index contributed by atoms with van der Waals surface area (Å²) < 4.78 is 11.9. The molecule has 0 aromatic carbocycles. The molecule has 0 aliphatic rings. The Morgan fingerprint density at radius 2 is 0.810 bits per heavy atom. The van der Waals surface area contributed by atoms with Crippen LogP contribution in [0.1, 0.15) is 252 Å². The number of carbonyl (C=O) groups is 2. The van der Waals surface area contributed by atoms with Gasteiger partial charge in [-0.15, -0.1) is 0 Å². The maximum Gasteiger partial charge on any atom is 0.306 e. The molecule has 1 unspecified atom stereocenters. The minimum absolute atomic E-state index is 0.00227. The van der Waals surface area contributed by atoms with Crippen LogP contribution >= 0.6 is 12.2 Å². The van der Waals surface area contributed by atoms with E-state index in [2.05, 4.69) is 37.9 Å². The molecule has 1 atom stereocenters. The molecule has 0 saturated carbocycles. The topological polar surface area (TPSA) is 71.1 Å². The first-order valence-electron chi connectivity index (χ1n) is 25.3. The fourth-order valence-electron chi connectivity index (χ4n) is 7.82. The standard InChI is InChI=1S/C50H99N3O4S/c1-7-11-14-17-22-29-37-46(10-4)56-48(54)40-32-25-20-27-34-43-53(45-36-42-51-50(58)52(5)6)44-35-28-21-26-33-41-49(55)57-47(38-30-23-18-15-12-8-2)39-31-24-19-16-13-9-3/h46-47H,7-45H2,1-6H3,(H,51,58). The first-order chi connectivity index (χ1) is 28.3. The number of nitrogens with one attached hydrogen (secondary N) is 1. The molecule has 0 spiro atoms. The Labute approximate surface area is 367 Å². The zero-order valence-electron chi connectivity index (χ0n) is 39.7. The van der Waals surface area contributed by atoms with Gasteiger partial charge in [-0.3, -0.25) is 9.59 Å². The number of carbonyl (C=O) groups excluding carboxylic acids is 2. The van der Waals surface area contributed by atoms with Crippen molar-refractivity contribution in [3.8, 4) is 0 Å². The summed E-state index contributed by atoms with van der Waals surface area (Å²) in [6, 6.07) is 0. The van der Waals surface area contributed by atoms with Gasteiger partial charge in [-0.25, -0.2) is 0 Å². The van der Waals surface area contributed by atoms with Gasteiger partial charge in [-0.05, 0) is 109 Å². The molecule has 8 heteroatoms. The van der Waals surface area contributed by atoms with E-state index in [-0.39, 0.29) is 24.1 Å². The molecule has 0 saturated heterocycles. The maximum absolute atomic E-state index is 12.8. The fourth-order valence-corrected chi connectivity index (χ4v) is 7.92. The molecule has 0 radical (unpaired) electrons. The lowest BCUT2D eigenvalue weighted by atomic mass is 10.0. The normalized spacial score (nSPS) is 12.0. The summed E-state index contributed by atoms with van der Waals surface area (Å²) in [5, 5.41) is 4.18. The van der Waals surface area contributed by atoms with E-state index in [4.69, 9.17) is 21.7 Å². The fraction of sp³-hybridized carbons (Fsp3) is 0.940. The van der Waals surface area contributed by atoms with Crippen LogP contribution in [0.5, 0.6) is 0 Å². The van der Waals surface area contributed by atoms with Crippen molar-refractivity contribution >= 4 is 29.3 Å². The molecule has 0 amide bonds. The van der Waals surface area contributed by atoms with Crippen LogP contribution in [0.15, 0.2) is 0 Å². The van der Waals surface area contributed by atoms with Crippen LogP contribution in [0.2, 0.25) is 0 Å². The monoisotopic (exact) mass is 838 g/mol. The van der Waals surface area contributed by atoms with E-state index in [0.717, 1.165) is 89.1 Å². The number of ether oxygens (including phenoxy) is 2. The first-order valence-corrected chi connectivity index (χ1v) is 25.7. The summed E-state index contributed by atoms with van der Waals surface area (Å²) in [4.78, 5) is 29.9. The van der Waals surface area contributed by atoms with E-state index in [9.17, 15) is 9.59 Å². The molecule has 0 aliphatic carbocycles. The molecule has 58 heavy (non-hydrogen) atoms. The predicted molar refractivity (Wildman–Crippen MR) is 255 cm³/mol. The van der Waals surface area contributed by atoms with E-state index < -0.39 is 0 Å². The molecule has 0 fully saturated rings. The van der Waals surface area contributed by atoms with Crippen LogP contribution in [0, 0.1) is 0 Å². The summed E-state index contributed by atoms with van der Waals surface area (Å²) in [5.74, 6) is 0.0249. The predicted octanol–water partition coefficient (Wildman–Crippen LogP) is 14.3. The van der Waals surface area contributed by atoms with Crippen LogP contribution in [0.3, 0.4) is 0 Å². The van der Waals surface area contributed by atoms with Crippen molar-refractivity contribution in [3.05, 3.63) is 0 Å². The maximum atomic E-state index is 12.8. The zero-order chi connectivity index (χ0) is 42.7. The van der Waals surface area contributed by atoms with Gasteiger partial charge in [0.15, 0.2) is 5.11 Å². The Morgan fingerprint density at radius 1 is 0.466 bits per heavy atom. The summed E-state index contributed by atoms with van der Waals surface area (Å²) in [6.07, 6.45) is 40.8. The second kappa shape index (κ2) is 43.7. The number of rotatable bonds is 44. The van der Waals surface area contributed by atoms with Crippen LogP contribution in [0.4, 0.5) is 0 Å². The van der Waals surface area contributed by atoms with Gasteiger partial charge in [0.05, 0.1) is 0 Å². The van der Waals surface area contributed by atoms with Gasteiger partial charge in [0.2, 0.25) is 0 Å². The molecule has 1 N–H and O–H groups in total. The molecule has 0 aliphatic heterocycles. The van der Waals surface area contributed by atoms with Crippen LogP contribution in [-0.2, 0) is 19.1 Å². The van der Waals surface area contributed by atoms with Gasteiger partial charge in [-0.1, -0.05) is 163 Å². The highest BCUT2D eigenvalue weighted by Gasteiger charge is 2.15. The van der Waals surface area contributed by atoms with Crippen LogP contribution < -0.4 is 5.32 Å². The van der Waals surface area contributed by atoms with Crippen molar-refractivity contribution in [1.29, 1.82) is 0 Å². The third-order valence-electron chi connectivity index (χ3n) is 11.7. The number of hydrogen-bond acceptors (Lipinski definition) is 6. The number of nitrogens with zero attached hydrogens (tertiary/aromatic N) is 2. The Hall–Kier alpha value is -1.41. The first kappa shape index (κ1) is 56.6. The van der Waals surface area contributed by atoms with Crippen molar-refractivity contribution < 1.29 is 19.1 Å².